The molecular formula is C15H24N2. The number of rotatable bonds is 2. The van der Waals surface area contributed by atoms with Gasteiger partial charge in [-0.05, 0) is 44.0 Å². The van der Waals surface area contributed by atoms with Crippen LogP contribution in [0.15, 0.2) is 24.3 Å². The van der Waals surface area contributed by atoms with E-state index in [0.29, 0.717) is 6.04 Å². The first-order valence-electron chi connectivity index (χ1n) is 6.77. The smallest absolute Gasteiger partial charge is 0.0496 e. The predicted octanol–water partition coefficient (Wildman–Crippen LogP) is 2.73. The Morgan fingerprint density at radius 2 is 1.94 bits per heavy atom. The Labute approximate surface area is 105 Å². The third-order valence-corrected chi connectivity index (χ3v) is 3.91. The van der Waals surface area contributed by atoms with Crippen LogP contribution in [0.4, 0.5) is 0 Å². The van der Waals surface area contributed by atoms with E-state index in [9.17, 15) is 0 Å². The average molecular weight is 232 g/mol. The second-order valence-corrected chi connectivity index (χ2v) is 5.18. The van der Waals surface area contributed by atoms with Crippen LogP contribution >= 0.6 is 0 Å². The van der Waals surface area contributed by atoms with Gasteiger partial charge in [-0.15, -0.1) is 0 Å². The summed E-state index contributed by atoms with van der Waals surface area (Å²) in [5.74, 6) is 0. The van der Waals surface area contributed by atoms with E-state index in [4.69, 9.17) is 5.73 Å². The maximum absolute atomic E-state index is 6.33. The Kier molecular flexibility index (Phi) is 4.19. The standard InChI is InChI=1S/C15H24N2/c1-3-12-7-9-13(10-8-12)15-14(16)6-4-5-11-17(15)2/h7-10,14-15H,3-6,11,16H2,1-2H3. The molecule has 1 fully saturated rings. The van der Waals surface area contributed by atoms with Crippen LogP contribution in [-0.2, 0) is 6.42 Å². The number of likely N-dealkylation sites (N-methyl/N-ethyl adjacent to an activating group) is 1. The number of hydrogen-bond donors (Lipinski definition) is 1. The fourth-order valence-corrected chi connectivity index (χ4v) is 2.82. The fourth-order valence-electron chi connectivity index (χ4n) is 2.82. The van der Waals surface area contributed by atoms with Gasteiger partial charge in [0.1, 0.15) is 0 Å². The van der Waals surface area contributed by atoms with Gasteiger partial charge in [0, 0.05) is 12.1 Å². The van der Waals surface area contributed by atoms with E-state index < -0.39 is 0 Å². The SMILES string of the molecule is CCc1ccc(C2C(N)CCCCN2C)cc1. The lowest BCUT2D eigenvalue weighted by Crippen LogP contribution is -2.37. The van der Waals surface area contributed by atoms with Crippen molar-refractivity contribution in [1.29, 1.82) is 0 Å². The summed E-state index contributed by atoms with van der Waals surface area (Å²) in [5, 5.41) is 0. The van der Waals surface area contributed by atoms with Crippen LogP contribution in [0.25, 0.3) is 0 Å². The summed E-state index contributed by atoms with van der Waals surface area (Å²) in [6.07, 6.45) is 4.78. The molecule has 2 rings (SSSR count). The molecule has 2 atom stereocenters. The maximum atomic E-state index is 6.33. The molecule has 1 aliphatic heterocycles. The van der Waals surface area contributed by atoms with Crippen LogP contribution in [0.1, 0.15) is 43.4 Å². The molecule has 1 saturated heterocycles. The molecule has 1 heterocycles. The van der Waals surface area contributed by atoms with Gasteiger partial charge in [0.2, 0.25) is 0 Å². The predicted molar refractivity (Wildman–Crippen MR) is 73.0 cm³/mol. The summed E-state index contributed by atoms with van der Waals surface area (Å²) < 4.78 is 0. The van der Waals surface area contributed by atoms with E-state index in [2.05, 4.69) is 43.1 Å². The monoisotopic (exact) mass is 232 g/mol. The minimum atomic E-state index is 0.273. The lowest BCUT2D eigenvalue weighted by Gasteiger charge is -2.30. The van der Waals surface area contributed by atoms with E-state index in [1.54, 1.807) is 0 Å². The highest BCUT2D eigenvalue weighted by Gasteiger charge is 2.25. The highest BCUT2D eigenvalue weighted by Crippen LogP contribution is 2.28. The molecule has 0 saturated carbocycles. The summed E-state index contributed by atoms with van der Waals surface area (Å²) in [4.78, 5) is 2.42. The second-order valence-electron chi connectivity index (χ2n) is 5.18. The van der Waals surface area contributed by atoms with Crippen molar-refractivity contribution in [3.8, 4) is 0 Å². The molecule has 0 spiro atoms. The van der Waals surface area contributed by atoms with Gasteiger partial charge < -0.3 is 5.73 Å². The van der Waals surface area contributed by atoms with E-state index in [1.165, 1.54) is 24.0 Å². The molecule has 2 unspecified atom stereocenters. The maximum Gasteiger partial charge on any atom is 0.0496 e. The molecule has 0 bridgehead atoms. The van der Waals surface area contributed by atoms with Crippen LogP contribution < -0.4 is 5.73 Å². The first-order chi connectivity index (χ1) is 8.22. The summed E-state index contributed by atoms with van der Waals surface area (Å²) in [7, 11) is 2.20. The summed E-state index contributed by atoms with van der Waals surface area (Å²) in [5.41, 5.74) is 9.11. The van der Waals surface area contributed by atoms with Crippen molar-refractivity contribution in [3.05, 3.63) is 35.4 Å². The first-order valence-corrected chi connectivity index (χ1v) is 6.77. The normalized spacial score (nSPS) is 26.8. The van der Waals surface area contributed by atoms with Crippen molar-refractivity contribution in [3.63, 3.8) is 0 Å². The largest absolute Gasteiger partial charge is 0.326 e. The van der Waals surface area contributed by atoms with Crippen LogP contribution in [0, 0.1) is 0 Å². The van der Waals surface area contributed by atoms with E-state index >= 15 is 0 Å². The van der Waals surface area contributed by atoms with Crippen LogP contribution in [0.2, 0.25) is 0 Å². The van der Waals surface area contributed by atoms with Crippen molar-refractivity contribution in [2.45, 2.75) is 44.7 Å². The number of nitrogens with zero attached hydrogens (tertiary/aromatic N) is 1. The van der Waals surface area contributed by atoms with Gasteiger partial charge in [-0.1, -0.05) is 37.6 Å². The van der Waals surface area contributed by atoms with Gasteiger partial charge in [-0.2, -0.15) is 0 Å². The van der Waals surface area contributed by atoms with E-state index in [0.717, 1.165) is 19.4 Å². The van der Waals surface area contributed by atoms with Crippen molar-refractivity contribution in [2.75, 3.05) is 13.6 Å². The van der Waals surface area contributed by atoms with Crippen molar-refractivity contribution >= 4 is 0 Å². The Balaban J connectivity index is 2.22. The Morgan fingerprint density at radius 1 is 1.24 bits per heavy atom. The Bertz CT molecular complexity index is 332. The van der Waals surface area contributed by atoms with Crippen molar-refractivity contribution in [1.82, 2.24) is 4.90 Å². The van der Waals surface area contributed by atoms with Gasteiger partial charge in [0.25, 0.3) is 0 Å². The summed E-state index contributed by atoms with van der Waals surface area (Å²) in [6.45, 7) is 3.35. The number of benzene rings is 1. The van der Waals surface area contributed by atoms with Crippen molar-refractivity contribution < 1.29 is 0 Å². The average Bonchev–Trinajstić information content (AvgIpc) is 2.51. The quantitative estimate of drug-likeness (QED) is 0.849. The van der Waals surface area contributed by atoms with Gasteiger partial charge in [-0.25, -0.2) is 0 Å². The summed E-state index contributed by atoms with van der Waals surface area (Å²) >= 11 is 0. The molecule has 1 aromatic carbocycles. The lowest BCUT2D eigenvalue weighted by atomic mass is 9.95. The number of hydrogen-bond acceptors (Lipinski definition) is 2. The molecule has 0 amide bonds. The van der Waals surface area contributed by atoms with E-state index in [1.807, 2.05) is 0 Å². The lowest BCUT2D eigenvalue weighted by molar-refractivity contribution is 0.230. The minimum Gasteiger partial charge on any atom is -0.326 e. The van der Waals surface area contributed by atoms with Gasteiger partial charge in [0.15, 0.2) is 0 Å². The molecule has 1 aliphatic rings. The van der Waals surface area contributed by atoms with Gasteiger partial charge in [0.05, 0.1) is 0 Å². The van der Waals surface area contributed by atoms with Gasteiger partial charge in [-0.3, -0.25) is 4.90 Å². The Hall–Kier alpha value is -0.860. The van der Waals surface area contributed by atoms with Crippen LogP contribution in [0.5, 0.6) is 0 Å². The summed E-state index contributed by atoms with van der Waals surface area (Å²) in [6, 6.07) is 9.65. The molecule has 2 nitrogen and oxygen atoms in total. The second kappa shape index (κ2) is 5.65. The molecule has 17 heavy (non-hydrogen) atoms. The first kappa shape index (κ1) is 12.6. The molecular weight excluding hydrogens is 208 g/mol. The highest BCUT2D eigenvalue weighted by molar-refractivity contribution is 5.26. The molecule has 2 N–H and O–H groups in total. The molecule has 0 aromatic heterocycles. The zero-order valence-corrected chi connectivity index (χ0v) is 11.0. The number of likely N-dealkylation sites (tertiary alicyclic amines) is 1. The van der Waals surface area contributed by atoms with Crippen LogP contribution in [-0.4, -0.2) is 24.5 Å². The number of aryl methyl sites for hydroxylation is 1. The molecule has 1 aromatic rings. The number of nitrogens with two attached hydrogens (primary N) is 1. The highest BCUT2D eigenvalue weighted by atomic mass is 15.1. The van der Waals surface area contributed by atoms with Crippen LogP contribution in [0.3, 0.4) is 0 Å². The minimum absolute atomic E-state index is 0.273. The molecule has 0 radical (unpaired) electrons. The topological polar surface area (TPSA) is 29.3 Å². The third kappa shape index (κ3) is 2.88. The third-order valence-electron chi connectivity index (χ3n) is 3.91. The molecule has 0 aliphatic carbocycles. The van der Waals surface area contributed by atoms with E-state index in [-0.39, 0.29) is 6.04 Å². The van der Waals surface area contributed by atoms with Gasteiger partial charge >= 0.3 is 0 Å². The molecule has 2 heteroatoms. The van der Waals surface area contributed by atoms with Crippen molar-refractivity contribution in [2.24, 2.45) is 5.73 Å². The fraction of sp³-hybridized carbons (Fsp3) is 0.600. The zero-order valence-electron chi connectivity index (χ0n) is 11.0. The zero-order chi connectivity index (χ0) is 12.3. The molecule has 94 valence electrons. The Morgan fingerprint density at radius 3 is 2.59 bits per heavy atom.